The lowest BCUT2D eigenvalue weighted by atomic mass is 9.90. The molecular formula is C16H21NO3. The molecule has 0 spiro atoms. The number of carboxylic acids is 1. The van der Waals surface area contributed by atoms with Crippen molar-refractivity contribution in [3.8, 4) is 5.75 Å². The molecule has 0 aromatic heterocycles. The van der Waals surface area contributed by atoms with Crippen molar-refractivity contribution in [3.05, 3.63) is 29.8 Å². The summed E-state index contributed by atoms with van der Waals surface area (Å²) in [6, 6.07) is 8.16. The zero-order chi connectivity index (χ0) is 14.1. The van der Waals surface area contributed by atoms with E-state index in [1.165, 1.54) is 12.8 Å². The molecule has 2 atom stereocenters. The third kappa shape index (κ3) is 2.80. The van der Waals surface area contributed by atoms with Crippen LogP contribution >= 0.6 is 0 Å². The summed E-state index contributed by atoms with van der Waals surface area (Å²) in [5.74, 6) is 1.14. The van der Waals surface area contributed by atoms with Gasteiger partial charge in [0.25, 0.3) is 0 Å². The third-order valence-corrected chi connectivity index (χ3v) is 4.20. The van der Waals surface area contributed by atoms with E-state index in [0.29, 0.717) is 18.4 Å². The SMILES string of the molecule is CC1COc2ccccc2C1N(CC(=O)O)CC1CC1. The molecule has 1 N–H and O–H groups in total. The number of rotatable bonds is 5. The lowest BCUT2D eigenvalue weighted by Crippen LogP contribution is -2.41. The zero-order valence-corrected chi connectivity index (χ0v) is 11.8. The first kappa shape index (κ1) is 13.4. The fourth-order valence-electron chi connectivity index (χ4n) is 3.11. The largest absolute Gasteiger partial charge is 0.493 e. The van der Waals surface area contributed by atoms with Gasteiger partial charge in [0, 0.05) is 24.1 Å². The summed E-state index contributed by atoms with van der Waals surface area (Å²) < 4.78 is 5.77. The van der Waals surface area contributed by atoms with Crippen LogP contribution in [0.5, 0.6) is 5.75 Å². The van der Waals surface area contributed by atoms with Crippen LogP contribution in [0.4, 0.5) is 0 Å². The number of carbonyl (C=O) groups is 1. The second-order valence-electron chi connectivity index (χ2n) is 6.04. The Labute approximate surface area is 119 Å². The quantitative estimate of drug-likeness (QED) is 0.897. The maximum Gasteiger partial charge on any atom is 0.317 e. The molecule has 1 aliphatic carbocycles. The minimum atomic E-state index is -0.748. The van der Waals surface area contributed by atoms with E-state index in [-0.39, 0.29) is 12.6 Å². The summed E-state index contributed by atoms with van der Waals surface area (Å²) in [4.78, 5) is 13.3. The number of ether oxygens (including phenoxy) is 1. The van der Waals surface area contributed by atoms with Crippen molar-refractivity contribution < 1.29 is 14.6 Å². The topological polar surface area (TPSA) is 49.8 Å². The molecule has 2 unspecified atom stereocenters. The molecule has 1 aromatic rings. The standard InChI is InChI=1S/C16H21NO3/c1-11-10-20-14-5-3-2-4-13(14)16(11)17(9-15(18)19)8-12-6-7-12/h2-5,11-12,16H,6-10H2,1H3,(H,18,19). The highest BCUT2D eigenvalue weighted by Gasteiger charge is 2.36. The molecule has 20 heavy (non-hydrogen) atoms. The molecular weight excluding hydrogens is 254 g/mol. The van der Waals surface area contributed by atoms with E-state index in [2.05, 4.69) is 17.9 Å². The van der Waals surface area contributed by atoms with E-state index < -0.39 is 5.97 Å². The van der Waals surface area contributed by atoms with Crippen LogP contribution in [-0.2, 0) is 4.79 Å². The molecule has 1 saturated carbocycles. The van der Waals surface area contributed by atoms with Crippen LogP contribution in [0.15, 0.2) is 24.3 Å². The number of aliphatic carboxylic acids is 1. The predicted octanol–water partition coefficient (Wildman–Crippen LogP) is 2.55. The van der Waals surface area contributed by atoms with Gasteiger partial charge in [-0.1, -0.05) is 25.1 Å². The van der Waals surface area contributed by atoms with Crippen molar-refractivity contribution in [3.63, 3.8) is 0 Å². The Hall–Kier alpha value is -1.55. The van der Waals surface area contributed by atoms with Crippen LogP contribution in [0, 0.1) is 11.8 Å². The molecule has 1 aromatic carbocycles. The van der Waals surface area contributed by atoms with Crippen LogP contribution in [0.25, 0.3) is 0 Å². The Balaban J connectivity index is 1.89. The van der Waals surface area contributed by atoms with E-state index in [4.69, 9.17) is 4.74 Å². The maximum atomic E-state index is 11.2. The summed E-state index contributed by atoms with van der Waals surface area (Å²) in [7, 11) is 0. The summed E-state index contributed by atoms with van der Waals surface area (Å²) in [5.41, 5.74) is 1.13. The van der Waals surface area contributed by atoms with Crippen molar-refractivity contribution in [2.75, 3.05) is 19.7 Å². The molecule has 1 fully saturated rings. The Morgan fingerprint density at radius 3 is 2.85 bits per heavy atom. The number of hydrogen-bond donors (Lipinski definition) is 1. The van der Waals surface area contributed by atoms with Gasteiger partial charge in [0.2, 0.25) is 0 Å². The smallest absolute Gasteiger partial charge is 0.317 e. The maximum absolute atomic E-state index is 11.2. The second-order valence-corrected chi connectivity index (χ2v) is 6.04. The second kappa shape index (κ2) is 5.44. The van der Waals surface area contributed by atoms with E-state index in [1.54, 1.807) is 0 Å². The monoisotopic (exact) mass is 275 g/mol. The van der Waals surface area contributed by atoms with Gasteiger partial charge < -0.3 is 9.84 Å². The first-order valence-corrected chi connectivity index (χ1v) is 7.32. The molecule has 1 aliphatic heterocycles. The van der Waals surface area contributed by atoms with Crippen molar-refractivity contribution in [1.29, 1.82) is 0 Å². The van der Waals surface area contributed by atoms with Crippen molar-refractivity contribution in [2.45, 2.75) is 25.8 Å². The normalized spacial score (nSPS) is 25.1. The Morgan fingerprint density at radius 1 is 1.40 bits per heavy atom. The summed E-state index contributed by atoms with van der Waals surface area (Å²) in [6.45, 7) is 3.79. The fraction of sp³-hybridized carbons (Fsp3) is 0.562. The van der Waals surface area contributed by atoms with Gasteiger partial charge in [0.15, 0.2) is 0 Å². The van der Waals surface area contributed by atoms with Crippen LogP contribution < -0.4 is 4.74 Å². The Bertz CT molecular complexity index is 498. The highest BCUT2D eigenvalue weighted by molar-refractivity contribution is 5.69. The molecule has 0 bridgehead atoms. The molecule has 0 radical (unpaired) electrons. The summed E-state index contributed by atoms with van der Waals surface area (Å²) in [5, 5.41) is 9.21. The van der Waals surface area contributed by atoms with Gasteiger partial charge in [0.05, 0.1) is 13.2 Å². The van der Waals surface area contributed by atoms with Gasteiger partial charge in [-0.25, -0.2) is 0 Å². The predicted molar refractivity (Wildman–Crippen MR) is 75.8 cm³/mol. The number of fused-ring (bicyclic) bond motifs is 1. The van der Waals surface area contributed by atoms with Crippen molar-refractivity contribution >= 4 is 5.97 Å². The van der Waals surface area contributed by atoms with Crippen molar-refractivity contribution in [2.24, 2.45) is 11.8 Å². The van der Waals surface area contributed by atoms with Crippen LogP contribution in [-0.4, -0.2) is 35.7 Å². The van der Waals surface area contributed by atoms with Gasteiger partial charge in [-0.05, 0) is 24.8 Å². The summed E-state index contributed by atoms with van der Waals surface area (Å²) in [6.07, 6.45) is 2.46. The molecule has 1 heterocycles. The minimum absolute atomic E-state index is 0.111. The van der Waals surface area contributed by atoms with Gasteiger partial charge in [-0.3, -0.25) is 9.69 Å². The Kier molecular flexibility index (Phi) is 3.66. The van der Waals surface area contributed by atoms with Crippen LogP contribution in [0.1, 0.15) is 31.4 Å². The minimum Gasteiger partial charge on any atom is -0.493 e. The van der Waals surface area contributed by atoms with Gasteiger partial charge in [0.1, 0.15) is 5.75 Å². The molecule has 108 valence electrons. The zero-order valence-electron chi connectivity index (χ0n) is 11.8. The summed E-state index contributed by atoms with van der Waals surface area (Å²) >= 11 is 0. The van der Waals surface area contributed by atoms with Gasteiger partial charge >= 0.3 is 5.97 Å². The average Bonchev–Trinajstić information content (AvgIpc) is 3.21. The first-order valence-electron chi connectivity index (χ1n) is 7.32. The molecule has 3 rings (SSSR count). The lowest BCUT2D eigenvalue weighted by Gasteiger charge is -2.39. The van der Waals surface area contributed by atoms with Crippen LogP contribution in [0.3, 0.4) is 0 Å². The third-order valence-electron chi connectivity index (χ3n) is 4.20. The molecule has 0 saturated heterocycles. The Morgan fingerprint density at radius 2 is 2.15 bits per heavy atom. The lowest BCUT2D eigenvalue weighted by molar-refractivity contribution is -0.139. The molecule has 2 aliphatic rings. The highest BCUT2D eigenvalue weighted by atomic mass is 16.5. The van der Waals surface area contributed by atoms with E-state index in [0.717, 1.165) is 17.9 Å². The molecule has 4 heteroatoms. The molecule has 0 amide bonds. The first-order chi connectivity index (χ1) is 9.65. The van der Waals surface area contributed by atoms with E-state index >= 15 is 0 Å². The number of hydrogen-bond acceptors (Lipinski definition) is 3. The number of benzene rings is 1. The number of para-hydroxylation sites is 1. The number of nitrogens with zero attached hydrogens (tertiary/aromatic N) is 1. The highest BCUT2D eigenvalue weighted by Crippen LogP contribution is 2.41. The van der Waals surface area contributed by atoms with Crippen LogP contribution in [0.2, 0.25) is 0 Å². The van der Waals surface area contributed by atoms with E-state index in [9.17, 15) is 9.90 Å². The number of carboxylic acid groups (broad SMARTS) is 1. The van der Waals surface area contributed by atoms with Gasteiger partial charge in [-0.2, -0.15) is 0 Å². The van der Waals surface area contributed by atoms with E-state index in [1.807, 2.05) is 18.2 Å². The fourth-order valence-corrected chi connectivity index (χ4v) is 3.11. The molecule has 4 nitrogen and oxygen atoms in total. The average molecular weight is 275 g/mol. The van der Waals surface area contributed by atoms with Gasteiger partial charge in [-0.15, -0.1) is 0 Å². The van der Waals surface area contributed by atoms with Crippen molar-refractivity contribution in [1.82, 2.24) is 4.90 Å².